The van der Waals surface area contributed by atoms with Crippen LogP contribution in [0, 0.1) is 0 Å². The summed E-state index contributed by atoms with van der Waals surface area (Å²) >= 11 is 0. The molecule has 140 valence electrons. The maximum atomic E-state index is 12.5. The number of carbonyl (C=O) groups is 1. The lowest BCUT2D eigenvalue weighted by molar-refractivity contribution is -0.118. The summed E-state index contributed by atoms with van der Waals surface area (Å²) in [6.45, 7) is 1.59. The van der Waals surface area contributed by atoms with Gasteiger partial charge >= 0.3 is 0 Å². The topological polar surface area (TPSA) is 78.1 Å². The van der Waals surface area contributed by atoms with Crippen LogP contribution in [0.4, 0.5) is 11.6 Å². The van der Waals surface area contributed by atoms with Gasteiger partial charge in [0.15, 0.2) is 0 Å². The molecule has 3 aliphatic rings. The van der Waals surface area contributed by atoms with E-state index < -0.39 is 0 Å². The molecule has 1 amide bonds. The molecule has 2 aliphatic heterocycles. The highest BCUT2D eigenvalue weighted by Gasteiger charge is 2.42. The number of carbonyl (C=O) groups excluding carboxylic acids is 1. The number of benzene rings is 1. The maximum Gasteiger partial charge on any atom is 0.255 e. The Morgan fingerprint density at radius 3 is 2.67 bits per heavy atom. The van der Waals surface area contributed by atoms with Gasteiger partial charge in [-0.1, -0.05) is 18.2 Å². The van der Waals surface area contributed by atoms with E-state index in [9.17, 15) is 9.59 Å². The summed E-state index contributed by atoms with van der Waals surface area (Å²) in [5, 5.41) is 3.00. The van der Waals surface area contributed by atoms with Gasteiger partial charge in [0.05, 0.1) is 5.69 Å². The molecule has 0 unspecified atom stereocenters. The second-order valence-electron chi connectivity index (χ2n) is 8.06. The van der Waals surface area contributed by atoms with Gasteiger partial charge in [-0.05, 0) is 50.2 Å². The van der Waals surface area contributed by atoms with E-state index in [2.05, 4.69) is 21.3 Å². The molecule has 27 heavy (non-hydrogen) atoms. The van der Waals surface area contributed by atoms with Gasteiger partial charge in [0, 0.05) is 36.2 Å². The lowest BCUT2D eigenvalue weighted by Crippen LogP contribution is -2.47. The van der Waals surface area contributed by atoms with Crippen LogP contribution in [0.25, 0.3) is 0 Å². The number of H-pyrrole nitrogens is 1. The molecule has 6 heteroatoms. The monoisotopic (exact) mass is 364 g/mol. The predicted octanol–water partition coefficient (Wildman–Crippen LogP) is 2.53. The highest BCUT2D eigenvalue weighted by atomic mass is 16.1. The van der Waals surface area contributed by atoms with Crippen LogP contribution in [0.3, 0.4) is 0 Å². The first-order valence-electron chi connectivity index (χ1n) is 9.91. The van der Waals surface area contributed by atoms with Gasteiger partial charge in [0.25, 0.3) is 5.56 Å². The van der Waals surface area contributed by atoms with E-state index in [1.165, 1.54) is 5.56 Å². The first-order valence-corrected chi connectivity index (χ1v) is 9.91. The summed E-state index contributed by atoms with van der Waals surface area (Å²) in [4.78, 5) is 34.7. The van der Waals surface area contributed by atoms with Crippen molar-refractivity contribution in [2.75, 3.05) is 23.3 Å². The molecule has 0 radical (unpaired) electrons. The molecule has 1 aliphatic carbocycles. The zero-order valence-electron chi connectivity index (χ0n) is 15.4. The van der Waals surface area contributed by atoms with Crippen LogP contribution in [0.15, 0.2) is 29.1 Å². The number of hydrogen-bond acceptors (Lipinski definition) is 4. The zero-order chi connectivity index (χ0) is 18.4. The van der Waals surface area contributed by atoms with Crippen LogP contribution < -0.4 is 15.8 Å². The summed E-state index contributed by atoms with van der Waals surface area (Å²) in [7, 11) is 0. The maximum absolute atomic E-state index is 12.5. The number of rotatable bonds is 1. The second kappa shape index (κ2) is 6.22. The van der Waals surface area contributed by atoms with Crippen LogP contribution in [-0.4, -0.2) is 29.0 Å². The van der Waals surface area contributed by atoms with Crippen molar-refractivity contribution in [3.05, 3.63) is 51.4 Å². The third-order valence-corrected chi connectivity index (χ3v) is 6.47. The van der Waals surface area contributed by atoms with Gasteiger partial charge < -0.3 is 10.2 Å². The summed E-state index contributed by atoms with van der Waals surface area (Å²) in [6, 6.07) is 8.15. The van der Waals surface area contributed by atoms with Crippen molar-refractivity contribution in [1.82, 2.24) is 9.97 Å². The van der Waals surface area contributed by atoms with E-state index in [1.54, 1.807) is 0 Å². The molecule has 1 saturated heterocycles. The number of aromatic amines is 1. The number of nitrogens with one attached hydrogen (secondary N) is 2. The molecular weight excluding hydrogens is 340 g/mol. The third kappa shape index (κ3) is 2.74. The molecule has 1 spiro atoms. The minimum absolute atomic E-state index is 0.0253. The van der Waals surface area contributed by atoms with Crippen LogP contribution in [0.5, 0.6) is 0 Å². The molecule has 2 aromatic rings. The van der Waals surface area contributed by atoms with E-state index in [-0.39, 0.29) is 16.9 Å². The number of aromatic nitrogens is 2. The Labute approximate surface area is 158 Å². The molecule has 5 rings (SSSR count). The summed E-state index contributed by atoms with van der Waals surface area (Å²) in [5.41, 5.74) is 3.96. The van der Waals surface area contributed by atoms with Gasteiger partial charge in [-0.3, -0.25) is 14.6 Å². The fraction of sp³-hybridized carbons (Fsp3) is 0.476. The normalized spacial score (nSPS) is 20.7. The fourth-order valence-electron chi connectivity index (χ4n) is 4.98. The zero-order valence-corrected chi connectivity index (χ0v) is 15.4. The Hall–Kier alpha value is -2.63. The summed E-state index contributed by atoms with van der Waals surface area (Å²) in [5.74, 6) is 0.798. The van der Waals surface area contributed by atoms with Crippen LogP contribution >= 0.6 is 0 Å². The van der Waals surface area contributed by atoms with Crippen molar-refractivity contribution < 1.29 is 4.79 Å². The molecular formula is C21H24N4O2. The molecule has 1 aromatic heterocycles. The van der Waals surface area contributed by atoms with Gasteiger partial charge in [0.1, 0.15) is 0 Å². The molecule has 2 N–H and O–H groups in total. The average molecular weight is 364 g/mol. The number of hydrogen-bond donors (Lipinski definition) is 2. The second-order valence-corrected chi connectivity index (χ2v) is 8.06. The molecule has 6 nitrogen and oxygen atoms in total. The Kier molecular flexibility index (Phi) is 3.81. The van der Waals surface area contributed by atoms with Crippen molar-refractivity contribution in [3.63, 3.8) is 0 Å². The van der Waals surface area contributed by atoms with E-state index in [1.807, 2.05) is 18.2 Å². The van der Waals surface area contributed by atoms with Gasteiger partial charge in [0.2, 0.25) is 11.9 Å². The number of anilines is 2. The number of amides is 1. The van der Waals surface area contributed by atoms with E-state index >= 15 is 0 Å². The van der Waals surface area contributed by atoms with Gasteiger partial charge in [-0.25, -0.2) is 4.98 Å². The lowest BCUT2D eigenvalue weighted by Gasteiger charge is -2.45. The Bertz CT molecular complexity index is 957. The highest BCUT2D eigenvalue weighted by Crippen LogP contribution is 2.45. The predicted molar refractivity (Wildman–Crippen MR) is 104 cm³/mol. The summed E-state index contributed by atoms with van der Waals surface area (Å²) < 4.78 is 0. The van der Waals surface area contributed by atoms with Crippen molar-refractivity contribution >= 4 is 17.5 Å². The van der Waals surface area contributed by atoms with Crippen LogP contribution in [0.2, 0.25) is 0 Å². The first-order chi connectivity index (χ1) is 13.1. The van der Waals surface area contributed by atoms with E-state index in [0.717, 1.165) is 68.6 Å². The smallest absolute Gasteiger partial charge is 0.255 e. The van der Waals surface area contributed by atoms with Crippen LogP contribution in [-0.2, 0) is 23.1 Å². The first kappa shape index (κ1) is 16.5. The molecule has 0 atom stereocenters. The summed E-state index contributed by atoms with van der Waals surface area (Å²) in [6.07, 6.45) is 6.23. The number of piperidine rings is 1. The van der Waals surface area contributed by atoms with Crippen molar-refractivity contribution in [1.29, 1.82) is 0 Å². The van der Waals surface area contributed by atoms with E-state index in [0.29, 0.717) is 12.4 Å². The quantitative estimate of drug-likeness (QED) is 0.815. The number of fused-ring (bicyclic) bond motifs is 3. The highest BCUT2D eigenvalue weighted by molar-refractivity contribution is 5.95. The standard InChI is InChI=1S/C21H24N4O2/c26-18-13-21(15-6-2-4-8-17(15)22-18)9-11-25(12-10-21)20-23-16-7-3-1-5-14(16)19(27)24-20/h2,4,6,8H,1,3,5,7,9-13H2,(H,22,26)(H,23,24,27). The van der Waals surface area contributed by atoms with Crippen molar-refractivity contribution in [2.24, 2.45) is 0 Å². The van der Waals surface area contributed by atoms with Gasteiger partial charge in [-0.2, -0.15) is 0 Å². The lowest BCUT2D eigenvalue weighted by atomic mass is 9.68. The third-order valence-electron chi connectivity index (χ3n) is 6.47. The molecule has 3 heterocycles. The van der Waals surface area contributed by atoms with Crippen LogP contribution in [0.1, 0.15) is 48.9 Å². The fourth-order valence-corrected chi connectivity index (χ4v) is 4.98. The Morgan fingerprint density at radius 1 is 1.04 bits per heavy atom. The molecule has 1 fully saturated rings. The van der Waals surface area contributed by atoms with Gasteiger partial charge in [-0.15, -0.1) is 0 Å². The Morgan fingerprint density at radius 2 is 1.81 bits per heavy atom. The number of nitrogens with zero attached hydrogens (tertiary/aromatic N) is 2. The SMILES string of the molecule is O=C1CC2(CCN(c3nc4c(c(=O)[nH]3)CCCC4)CC2)c2ccccc2N1. The number of para-hydroxylation sites is 1. The van der Waals surface area contributed by atoms with Crippen molar-refractivity contribution in [2.45, 2.75) is 50.4 Å². The van der Waals surface area contributed by atoms with Crippen molar-refractivity contribution in [3.8, 4) is 0 Å². The largest absolute Gasteiger partial charge is 0.342 e. The molecule has 1 aromatic carbocycles. The average Bonchev–Trinajstić information content (AvgIpc) is 2.68. The number of aryl methyl sites for hydroxylation is 1. The van der Waals surface area contributed by atoms with E-state index in [4.69, 9.17) is 4.98 Å². The minimum Gasteiger partial charge on any atom is -0.342 e. The Balaban J connectivity index is 1.42. The molecule has 0 saturated carbocycles. The molecule has 0 bridgehead atoms. The minimum atomic E-state index is -0.107.